The monoisotopic (exact) mass is 433 g/mol. The van der Waals surface area contributed by atoms with E-state index in [4.69, 9.17) is 4.74 Å². The molecule has 0 aliphatic rings. The third-order valence-corrected chi connectivity index (χ3v) is 5.39. The Balaban J connectivity index is 1.81. The first-order chi connectivity index (χ1) is 15.1. The van der Waals surface area contributed by atoms with Gasteiger partial charge < -0.3 is 15.2 Å². The average molecular weight is 434 g/mol. The first-order valence-electron chi connectivity index (χ1n) is 10.8. The van der Waals surface area contributed by atoms with E-state index in [9.17, 15) is 9.90 Å². The van der Waals surface area contributed by atoms with Crippen molar-refractivity contribution >= 4 is 17.5 Å². The first-order valence-corrected chi connectivity index (χ1v) is 10.8. The van der Waals surface area contributed by atoms with E-state index in [1.54, 1.807) is 20.0 Å². The van der Waals surface area contributed by atoms with E-state index in [-0.39, 0.29) is 0 Å². The molecule has 32 heavy (non-hydrogen) atoms. The van der Waals surface area contributed by atoms with Crippen LogP contribution in [0.4, 0.5) is 11.5 Å². The zero-order valence-corrected chi connectivity index (χ0v) is 19.6. The number of carboxylic acids is 1. The Labute approximate surface area is 189 Å². The highest BCUT2D eigenvalue weighted by molar-refractivity contribution is 5.74. The second-order valence-electron chi connectivity index (χ2n) is 8.87. The van der Waals surface area contributed by atoms with Gasteiger partial charge in [0.2, 0.25) is 0 Å². The lowest BCUT2D eigenvalue weighted by Crippen LogP contribution is -2.26. The summed E-state index contributed by atoms with van der Waals surface area (Å²) in [4.78, 5) is 20.6. The van der Waals surface area contributed by atoms with Crippen LogP contribution in [0.25, 0.3) is 0 Å². The summed E-state index contributed by atoms with van der Waals surface area (Å²) < 4.78 is 6.10. The van der Waals surface area contributed by atoms with Crippen molar-refractivity contribution in [3.63, 3.8) is 0 Å². The van der Waals surface area contributed by atoms with Gasteiger partial charge in [0.05, 0.1) is 11.1 Å². The highest BCUT2D eigenvalue weighted by Gasteiger charge is 2.27. The molecule has 1 aromatic carbocycles. The number of nitrogens with one attached hydrogen (secondary N) is 1. The van der Waals surface area contributed by atoms with Gasteiger partial charge in [0.25, 0.3) is 0 Å². The molecule has 0 spiro atoms. The number of aryl methyl sites for hydroxylation is 4. The molecule has 2 N–H and O–H groups in total. The summed E-state index contributed by atoms with van der Waals surface area (Å²) in [6, 6.07) is 11.7. The van der Waals surface area contributed by atoms with Crippen molar-refractivity contribution in [2.75, 3.05) is 5.32 Å². The second kappa shape index (κ2) is 9.39. The maximum Gasteiger partial charge on any atom is 0.309 e. The minimum atomic E-state index is -0.839. The molecule has 0 aliphatic carbocycles. The Kier molecular flexibility index (Phi) is 6.82. The van der Waals surface area contributed by atoms with Crippen LogP contribution in [0.2, 0.25) is 0 Å². The summed E-state index contributed by atoms with van der Waals surface area (Å²) in [6.07, 6.45) is 3.02. The molecule has 6 nitrogen and oxygen atoms in total. The van der Waals surface area contributed by atoms with Gasteiger partial charge in [-0.1, -0.05) is 13.0 Å². The maximum absolute atomic E-state index is 11.5. The molecule has 6 heteroatoms. The molecule has 2 aromatic heterocycles. The van der Waals surface area contributed by atoms with E-state index in [1.807, 2.05) is 57.2 Å². The van der Waals surface area contributed by atoms with Crippen LogP contribution in [0.15, 0.2) is 42.6 Å². The molecular formula is C26H31N3O3. The number of hydrogen-bond donors (Lipinski definition) is 2. The molecular weight excluding hydrogens is 402 g/mol. The molecule has 3 rings (SSSR count). The van der Waals surface area contributed by atoms with Crippen LogP contribution in [-0.4, -0.2) is 21.0 Å². The molecule has 0 saturated carbocycles. The van der Waals surface area contributed by atoms with Gasteiger partial charge in [0.1, 0.15) is 17.3 Å². The normalized spacial score (nSPS) is 11.3. The van der Waals surface area contributed by atoms with Crippen molar-refractivity contribution in [3.8, 4) is 11.5 Å². The van der Waals surface area contributed by atoms with Gasteiger partial charge in [0.15, 0.2) is 0 Å². The van der Waals surface area contributed by atoms with Crippen LogP contribution in [0.1, 0.15) is 48.8 Å². The average Bonchev–Trinajstić information content (AvgIpc) is 2.70. The fraction of sp³-hybridized carbons (Fsp3) is 0.346. The molecule has 0 amide bonds. The lowest BCUT2D eigenvalue weighted by molar-refractivity contribution is -0.146. The number of aromatic nitrogens is 2. The minimum Gasteiger partial charge on any atom is -0.481 e. The fourth-order valence-electron chi connectivity index (χ4n) is 3.63. The van der Waals surface area contributed by atoms with E-state index >= 15 is 0 Å². The quantitative estimate of drug-likeness (QED) is 0.443. The number of anilines is 2. The summed E-state index contributed by atoms with van der Waals surface area (Å²) in [7, 11) is 0. The highest BCUT2D eigenvalue weighted by Crippen LogP contribution is 2.29. The molecule has 0 atom stereocenters. The molecule has 0 radical (unpaired) electrons. The molecule has 0 saturated heterocycles. The predicted molar refractivity (Wildman–Crippen MR) is 127 cm³/mol. The van der Waals surface area contributed by atoms with Crippen LogP contribution in [0, 0.1) is 26.2 Å². The summed E-state index contributed by atoms with van der Waals surface area (Å²) in [5, 5.41) is 12.8. The second-order valence-corrected chi connectivity index (χ2v) is 8.87. The number of pyridine rings is 2. The van der Waals surface area contributed by atoms with Gasteiger partial charge in [-0.3, -0.25) is 9.78 Å². The SMILES string of the molecule is CCc1nc(C)c(Oc2ccnc(Nc3cc(C)cc(CC(C)(C)C(=O)O)c3)c2)cc1C. The highest BCUT2D eigenvalue weighted by atomic mass is 16.5. The topological polar surface area (TPSA) is 84.3 Å². The van der Waals surface area contributed by atoms with E-state index in [0.717, 1.165) is 45.9 Å². The van der Waals surface area contributed by atoms with Crippen molar-refractivity contribution in [3.05, 3.63) is 70.7 Å². The Bertz CT molecular complexity index is 1140. The standard InChI is InChI=1S/C26H31N3O3/c1-7-22-17(3)12-23(18(4)28-22)32-21-8-9-27-24(14-21)29-20-11-16(2)10-19(13-20)15-26(5,6)25(30)31/h8-14H,7,15H2,1-6H3,(H,27,29)(H,30,31). The lowest BCUT2D eigenvalue weighted by Gasteiger charge is -2.20. The fourth-order valence-corrected chi connectivity index (χ4v) is 3.63. The Hall–Kier alpha value is -3.41. The van der Waals surface area contributed by atoms with Gasteiger partial charge in [-0.25, -0.2) is 4.98 Å². The number of ether oxygens (including phenoxy) is 1. The van der Waals surface area contributed by atoms with E-state index in [1.165, 1.54) is 0 Å². The number of benzene rings is 1. The van der Waals surface area contributed by atoms with Gasteiger partial charge >= 0.3 is 5.97 Å². The van der Waals surface area contributed by atoms with E-state index < -0.39 is 11.4 Å². The molecule has 0 unspecified atom stereocenters. The number of carboxylic acid groups (broad SMARTS) is 1. The Morgan fingerprint density at radius 1 is 1.12 bits per heavy atom. The maximum atomic E-state index is 11.5. The number of hydrogen-bond acceptors (Lipinski definition) is 5. The third-order valence-electron chi connectivity index (χ3n) is 5.39. The smallest absolute Gasteiger partial charge is 0.309 e. The van der Waals surface area contributed by atoms with Crippen molar-refractivity contribution in [1.29, 1.82) is 0 Å². The zero-order valence-electron chi connectivity index (χ0n) is 19.6. The predicted octanol–water partition coefficient (Wildman–Crippen LogP) is 6.15. The molecule has 0 fully saturated rings. The van der Waals surface area contributed by atoms with Crippen LogP contribution < -0.4 is 10.1 Å². The van der Waals surface area contributed by atoms with Gasteiger partial charge in [0, 0.05) is 23.6 Å². The van der Waals surface area contributed by atoms with Crippen LogP contribution >= 0.6 is 0 Å². The summed E-state index contributed by atoms with van der Waals surface area (Å²) in [5.74, 6) is 1.22. The van der Waals surface area contributed by atoms with Crippen LogP contribution in [-0.2, 0) is 17.6 Å². The van der Waals surface area contributed by atoms with Gasteiger partial charge in [-0.15, -0.1) is 0 Å². The van der Waals surface area contributed by atoms with Gasteiger partial charge in [-0.2, -0.15) is 0 Å². The van der Waals surface area contributed by atoms with E-state index in [0.29, 0.717) is 18.0 Å². The zero-order chi connectivity index (χ0) is 23.5. The summed E-state index contributed by atoms with van der Waals surface area (Å²) in [6.45, 7) is 11.5. The van der Waals surface area contributed by atoms with Gasteiger partial charge in [-0.05, 0) is 88.4 Å². The summed E-state index contributed by atoms with van der Waals surface area (Å²) in [5.41, 5.74) is 5.06. The third kappa shape index (κ3) is 5.63. The van der Waals surface area contributed by atoms with Crippen LogP contribution in [0.3, 0.4) is 0 Å². The Morgan fingerprint density at radius 3 is 2.56 bits per heavy atom. The lowest BCUT2D eigenvalue weighted by atomic mass is 9.85. The Morgan fingerprint density at radius 2 is 1.88 bits per heavy atom. The molecule has 2 heterocycles. The van der Waals surface area contributed by atoms with E-state index in [2.05, 4.69) is 22.2 Å². The summed E-state index contributed by atoms with van der Waals surface area (Å²) >= 11 is 0. The first kappa shape index (κ1) is 23.3. The molecule has 0 aliphatic heterocycles. The van der Waals surface area contributed by atoms with Crippen molar-refractivity contribution in [2.24, 2.45) is 5.41 Å². The largest absolute Gasteiger partial charge is 0.481 e. The molecule has 168 valence electrons. The van der Waals surface area contributed by atoms with Crippen molar-refractivity contribution in [2.45, 2.75) is 54.4 Å². The van der Waals surface area contributed by atoms with Crippen LogP contribution in [0.5, 0.6) is 11.5 Å². The minimum absolute atomic E-state index is 0.439. The molecule has 3 aromatic rings. The number of carbonyl (C=O) groups is 1. The van der Waals surface area contributed by atoms with Crippen molar-refractivity contribution in [1.82, 2.24) is 9.97 Å². The van der Waals surface area contributed by atoms with Crippen molar-refractivity contribution < 1.29 is 14.6 Å². The number of aliphatic carboxylic acids is 1. The number of rotatable bonds is 8. The molecule has 0 bridgehead atoms. The number of nitrogens with zero attached hydrogens (tertiary/aromatic N) is 2.